The van der Waals surface area contributed by atoms with Crippen LogP contribution in [-0.2, 0) is 0 Å². The Morgan fingerprint density at radius 3 is 3.20 bits per heavy atom. The largest absolute Gasteiger partial charge is 0.327 e. The summed E-state index contributed by atoms with van der Waals surface area (Å²) in [5, 5.41) is 0. The molecule has 0 amide bonds. The molecule has 2 unspecified atom stereocenters. The van der Waals surface area contributed by atoms with Gasteiger partial charge >= 0.3 is 0 Å². The first-order valence-electron chi connectivity index (χ1n) is 3.99. The zero-order chi connectivity index (χ0) is 6.97. The highest BCUT2D eigenvalue weighted by Gasteiger charge is 2.27. The van der Waals surface area contributed by atoms with E-state index in [9.17, 15) is 0 Å². The molecule has 0 heterocycles. The van der Waals surface area contributed by atoms with Crippen molar-refractivity contribution in [1.29, 1.82) is 0 Å². The molecule has 0 aliphatic heterocycles. The SMILES string of the molecule is NC1CCC2=CC=CCC21. The Bertz CT molecular complexity index is 191. The Balaban J connectivity index is 2.23. The van der Waals surface area contributed by atoms with Crippen LogP contribution in [0.4, 0.5) is 0 Å². The molecule has 0 aromatic rings. The average molecular weight is 135 g/mol. The number of hydrogen-bond acceptors (Lipinski definition) is 1. The van der Waals surface area contributed by atoms with Crippen molar-refractivity contribution in [2.24, 2.45) is 11.7 Å². The summed E-state index contributed by atoms with van der Waals surface area (Å²) in [6, 6.07) is 0.441. The van der Waals surface area contributed by atoms with E-state index in [2.05, 4.69) is 18.2 Å². The molecule has 0 spiro atoms. The standard InChI is InChI=1S/C9H13N/c10-9-6-5-7-3-1-2-4-8(7)9/h1-3,8-9H,4-6,10H2. The van der Waals surface area contributed by atoms with E-state index >= 15 is 0 Å². The number of hydrogen-bond donors (Lipinski definition) is 1. The molecule has 2 N–H and O–H groups in total. The zero-order valence-electron chi connectivity index (χ0n) is 6.09. The van der Waals surface area contributed by atoms with E-state index in [4.69, 9.17) is 5.73 Å². The third-order valence-corrected chi connectivity index (χ3v) is 2.60. The molecular weight excluding hydrogens is 122 g/mol. The highest BCUT2D eigenvalue weighted by Crippen LogP contribution is 2.34. The van der Waals surface area contributed by atoms with Gasteiger partial charge in [-0.15, -0.1) is 0 Å². The van der Waals surface area contributed by atoms with Gasteiger partial charge in [0.2, 0.25) is 0 Å². The van der Waals surface area contributed by atoms with E-state index < -0.39 is 0 Å². The molecule has 2 aliphatic carbocycles. The molecule has 1 heteroatoms. The molecule has 1 saturated carbocycles. The van der Waals surface area contributed by atoms with Gasteiger partial charge < -0.3 is 5.73 Å². The van der Waals surface area contributed by atoms with Gasteiger partial charge in [-0.05, 0) is 25.2 Å². The molecular formula is C9H13N. The predicted octanol–water partition coefficient (Wildman–Crippen LogP) is 1.61. The van der Waals surface area contributed by atoms with E-state index in [-0.39, 0.29) is 0 Å². The molecule has 0 radical (unpaired) electrons. The first-order chi connectivity index (χ1) is 4.88. The lowest BCUT2D eigenvalue weighted by Gasteiger charge is -2.16. The Morgan fingerprint density at radius 2 is 2.40 bits per heavy atom. The third-order valence-electron chi connectivity index (χ3n) is 2.60. The fourth-order valence-electron chi connectivity index (χ4n) is 1.94. The smallest absolute Gasteiger partial charge is 0.0111 e. The highest BCUT2D eigenvalue weighted by molar-refractivity contribution is 5.25. The summed E-state index contributed by atoms with van der Waals surface area (Å²) in [6.07, 6.45) is 10.2. The summed E-state index contributed by atoms with van der Waals surface area (Å²) in [7, 11) is 0. The van der Waals surface area contributed by atoms with Crippen LogP contribution in [0.5, 0.6) is 0 Å². The lowest BCUT2D eigenvalue weighted by molar-refractivity contribution is 0.535. The quantitative estimate of drug-likeness (QED) is 0.536. The average Bonchev–Trinajstić information content (AvgIpc) is 2.34. The van der Waals surface area contributed by atoms with E-state index in [0.29, 0.717) is 12.0 Å². The number of rotatable bonds is 0. The first kappa shape index (κ1) is 6.17. The van der Waals surface area contributed by atoms with Crippen molar-refractivity contribution in [3.05, 3.63) is 23.8 Å². The predicted molar refractivity (Wildman–Crippen MR) is 42.5 cm³/mol. The van der Waals surface area contributed by atoms with Crippen LogP contribution in [0.1, 0.15) is 19.3 Å². The fourth-order valence-corrected chi connectivity index (χ4v) is 1.94. The fraction of sp³-hybridized carbons (Fsp3) is 0.556. The molecule has 0 aromatic carbocycles. The normalized spacial score (nSPS) is 37.5. The molecule has 0 aromatic heterocycles. The third kappa shape index (κ3) is 0.816. The van der Waals surface area contributed by atoms with Gasteiger partial charge in [0.25, 0.3) is 0 Å². The minimum Gasteiger partial charge on any atom is -0.327 e. The van der Waals surface area contributed by atoms with E-state index in [1.54, 1.807) is 5.57 Å². The van der Waals surface area contributed by atoms with Gasteiger partial charge in [-0.2, -0.15) is 0 Å². The lowest BCUT2D eigenvalue weighted by atomic mass is 9.92. The van der Waals surface area contributed by atoms with Crippen molar-refractivity contribution in [3.8, 4) is 0 Å². The summed E-state index contributed by atoms with van der Waals surface area (Å²) < 4.78 is 0. The maximum atomic E-state index is 5.91. The van der Waals surface area contributed by atoms with Crippen LogP contribution >= 0.6 is 0 Å². The van der Waals surface area contributed by atoms with Crippen molar-refractivity contribution < 1.29 is 0 Å². The van der Waals surface area contributed by atoms with Gasteiger partial charge in [0.1, 0.15) is 0 Å². The second-order valence-electron chi connectivity index (χ2n) is 3.21. The second kappa shape index (κ2) is 2.24. The molecule has 2 atom stereocenters. The van der Waals surface area contributed by atoms with Crippen molar-refractivity contribution >= 4 is 0 Å². The molecule has 2 rings (SSSR count). The Hall–Kier alpha value is -0.560. The van der Waals surface area contributed by atoms with Gasteiger partial charge in [-0.1, -0.05) is 23.8 Å². The van der Waals surface area contributed by atoms with Gasteiger partial charge in [0.15, 0.2) is 0 Å². The Morgan fingerprint density at radius 1 is 1.50 bits per heavy atom. The van der Waals surface area contributed by atoms with Crippen LogP contribution in [0.15, 0.2) is 23.8 Å². The first-order valence-corrected chi connectivity index (χ1v) is 3.99. The van der Waals surface area contributed by atoms with Crippen LogP contribution in [0, 0.1) is 5.92 Å². The molecule has 0 saturated heterocycles. The Labute approximate surface area is 61.6 Å². The van der Waals surface area contributed by atoms with Crippen molar-refractivity contribution in [1.82, 2.24) is 0 Å². The topological polar surface area (TPSA) is 26.0 Å². The van der Waals surface area contributed by atoms with Crippen molar-refractivity contribution in [3.63, 3.8) is 0 Å². The molecule has 0 bridgehead atoms. The summed E-state index contributed by atoms with van der Waals surface area (Å²) in [5.41, 5.74) is 7.49. The van der Waals surface area contributed by atoms with Gasteiger partial charge in [-0.3, -0.25) is 0 Å². The van der Waals surface area contributed by atoms with E-state index in [1.807, 2.05) is 0 Å². The maximum Gasteiger partial charge on any atom is 0.0111 e. The highest BCUT2D eigenvalue weighted by atomic mass is 14.7. The molecule has 1 nitrogen and oxygen atoms in total. The van der Waals surface area contributed by atoms with Crippen LogP contribution in [0.25, 0.3) is 0 Å². The minimum atomic E-state index is 0.441. The molecule has 10 heavy (non-hydrogen) atoms. The summed E-state index contributed by atoms with van der Waals surface area (Å²) in [4.78, 5) is 0. The van der Waals surface area contributed by atoms with Gasteiger partial charge in [0.05, 0.1) is 0 Å². The molecule has 1 fully saturated rings. The van der Waals surface area contributed by atoms with Crippen molar-refractivity contribution in [2.45, 2.75) is 25.3 Å². The van der Waals surface area contributed by atoms with Gasteiger partial charge in [0, 0.05) is 6.04 Å². The number of fused-ring (bicyclic) bond motifs is 1. The van der Waals surface area contributed by atoms with Crippen LogP contribution in [-0.4, -0.2) is 6.04 Å². The lowest BCUT2D eigenvalue weighted by Crippen LogP contribution is -2.25. The minimum absolute atomic E-state index is 0.441. The molecule has 54 valence electrons. The van der Waals surface area contributed by atoms with E-state index in [0.717, 1.165) is 0 Å². The second-order valence-corrected chi connectivity index (χ2v) is 3.21. The monoisotopic (exact) mass is 135 g/mol. The number of nitrogens with two attached hydrogens (primary N) is 1. The van der Waals surface area contributed by atoms with Crippen LogP contribution in [0.3, 0.4) is 0 Å². The van der Waals surface area contributed by atoms with E-state index in [1.165, 1.54) is 19.3 Å². The summed E-state index contributed by atoms with van der Waals surface area (Å²) in [6.45, 7) is 0. The number of allylic oxidation sites excluding steroid dienone is 3. The summed E-state index contributed by atoms with van der Waals surface area (Å²) in [5.74, 6) is 0.685. The van der Waals surface area contributed by atoms with Gasteiger partial charge in [-0.25, -0.2) is 0 Å². The van der Waals surface area contributed by atoms with Crippen molar-refractivity contribution in [2.75, 3.05) is 0 Å². The zero-order valence-corrected chi connectivity index (χ0v) is 6.09. The maximum absolute atomic E-state index is 5.91. The Kier molecular flexibility index (Phi) is 1.38. The van der Waals surface area contributed by atoms with Crippen LogP contribution < -0.4 is 5.73 Å². The molecule has 2 aliphatic rings. The van der Waals surface area contributed by atoms with Crippen LogP contribution in [0.2, 0.25) is 0 Å². The summed E-state index contributed by atoms with van der Waals surface area (Å²) >= 11 is 0.